The highest BCUT2D eigenvalue weighted by Gasteiger charge is 2.32. The second-order valence-corrected chi connectivity index (χ2v) is 7.44. The number of ketones is 1. The smallest absolute Gasteiger partial charge is 0.243 e. The van der Waals surface area contributed by atoms with E-state index in [2.05, 4.69) is 0 Å². The van der Waals surface area contributed by atoms with E-state index in [0.717, 1.165) is 11.1 Å². The Kier molecular flexibility index (Phi) is 4.64. The molecule has 0 unspecified atom stereocenters. The molecule has 1 fully saturated rings. The number of aryl methyl sites for hydroxylation is 1. The first kappa shape index (κ1) is 15.9. The first-order valence-corrected chi connectivity index (χ1v) is 8.56. The largest absolute Gasteiger partial charge is 0.294 e. The van der Waals surface area contributed by atoms with Crippen molar-refractivity contribution in [3.05, 3.63) is 41.5 Å². The summed E-state index contributed by atoms with van der Waals surface area (Å²) in [6.07, 6.45) is 2.27. The third-order valence-corrected chi connectivity index (χ3v) is 5.76. The molecule has 2 rings (SSSR count). The lowest BCUT2D eigenvalue weighted by atomic mass is 9.99. The van der Waals surface area contributed by atoms with E-state index in [1.165, 1.54) is 4.31 Å². The molecule has 0 N–H and O–H groups in total. The van der Waals surface area contributed by atoms with Crippen LogP contribution in [0.3, 0.4) is 0 Å². The maximum atomic E-state index is 12.7. The Morgan fingerprint density at radius 3 is 2.43 bits per heavy atom. The van der Waals surface area contributed by atoms with E-state index in [0.29, 0.717) is 13.0 Å². The molecule has 114 valence electrons. The molecule has 1 aliphatic rings. The highest BCUT2D eigenvalue weighted by atomic mass is 32.2. The maximum absolute atomic E-state index is 12.7. The topological polar surface area (TPSA) is 54.5 Å². The highest BCUT2D eigenvalue weighted by molar-refractivity contribution is 7.89. The van der Waals surface area contributed by atoms with Crippen LogP contribution in [-0.2, 0) is 14.8 Å². The van der Waals surface area contributed by atoms with Crippen molar-refractivity contribution in [3.8, 4) is 0 Å². The van der Waals surface area contributed by atoms with Crippen molar-refractivity contribution in [1.82, 2.24) is 4.31 Å². The Morgan fingerprint density at radius 1 is 1.24 bits per heavy atom. The van der Waals surface area contributed by atoms with E-state index in [-0.39, 0.29) is 23.1 Å². The summed E-state index contributed by atoms with van der Waals surface area (Å²) in [6, 6.07) is 6.82. The van der Waals surface area contributed by atoms with Gasteiger partial charge in [-0.05, 0) is 38.0 Å². The molecule has 4 nitrogen and oxygen atoms in total. The van der Waals surface area contributed by atoms with E-state index in [4.69, 9.17) is 0 Å². The molecule has 21 heavy (non-hydrogen) atoms. The standard InChI is InChI=1S/C16H21NO3S/c1-4-14-9-10-17(11-13(3)16(14)18)21(19,20)15-7-5-12(2)6-8-15/h4-8,13H,9-11H2,1-3H3/b14-4+/t13-/m1/s1. The van der Waals surface area contributed by atoms with Gasteiger partial charge in [-0.15, -0.1) is 0 Å². The van der Waals surface area contributed by atoms with Gasteiger partial charge in [0.25, 0.3) is 0 Å². The van der Waals surface area contributed by atoms with Crippen molar-refractivity contribution < 1.29 is 13.2 Å². The number of allylic oxidation sites excluding steroid dienone is 1. The van der Waals surface area contributed by atoms with Gasteiger partial charge in [-0.3, -0.25) is 4.79 Å². The van der Waals surface area contributed by atoms with Crippen LogP contribution in [0.2, 0.25) is 0 Å². The van der Waals surface area contributed by atoms with E-state index >= 15 is 0 Å². The van der Waals surface area contributed by atoms with Gasteiger partial charge in [0, 0.05) is 19.0 Å². The molecule has 1 saturated heterocycles. The van der Waals surface area contributed by atoms with Gasteiger partial charge >= 0.3 is 0 Å². The lowest BCUT2D eigenvalue weighted by Gasteiger charge is -2.21. The number of nitrogens with zero attached hydrogens (tertiary/aromatic N) is 1. The molecule has 0 radical (unpaired) electrons. The Morgan fingerprint density at radius 2 is 1.86 bits per heavy atom. The van der Waals surface area contributed by atoms with Crippen LogP contribution in [0.1, 0.15) is 25.8 Å². The number of sulfonamides is 1. The molecule has 0 aromatic heterocycles. The Hall–Kier alpha value is -1.46. The zero-order valence-corrected chi connectivity index (χ0v) is 13.5. The van der Waals surface area contributed by atoms with Crippen LogP contribution in [0.25, 0.3) is 0 Å². The average Bonchev–Trinajstić information content (AvgIpc) is 2.60. The van der Waals surface area contributed by atoms with Crippen LogP contribution in [0, 0.1) is 12.8 Å². The molecular weight excluding hydrogens is 286 g/mol. The minimum atomic E-state index is -3.54. The fourth-order valence-electron chi connectivity index (χ4n) is 2.53. The molecule has 1 aromatic rings. The zero-order chi connectivity index (χ0) is 15.6. The summed E-state index contributed by atoms with van der Waals surface area (Å²) in [7, 11) is -3.54. The number of hydrogen-bond acceptors (Lipinski definition) is 3. The number of benzene rings is 1. The van der Waals surface area contributed by atoms with Crippen LogP contribution in [0.5, 0.6) is 0 Å². The summed E-state index contributed by atoms with van der Waals surface area (Å²) in [5.74, 6) is -0.252. The van der Waals surface area contributed by atoms with Gasteiger partial charge in [-0.1, -0.05) is 30.7 Å². The van der Waals surface area contributed by atoms with Crippen molar-refractivity contribution in [3.63, 3.8) is 0 Å². The van der Waals surface area contributed by atoms with Crippen molar-refractivity contribution >= 4 is 15.8 Å². The molecule has 0 amide bonds. The van der Waals surface area contributed by atoms with Crippen LogP contribution < -0.4 is 0 Å². The number of carbonyl (C=O) groups is 1. The second kappa shape index (κ2) is 6.12. The molecule has 1 aliphatic heterocycles. The van der Waals surface area contributed by atoms with Crippen molar-refractivity contribution in [1.29, 1.82) is 0 Å². The van der Waals surface area contributed by atoms with Gasteiger partial charge < -0.3 is 0 Å². The normalized spacial score (nSPS) is 23.3. The van der Waals surface area contributed by atoms with E-state index in [9.17, 15) is 13.2 Å². The predicted octanol–water partition coefficient (Wildman–Crippen LogP) is 2.54. The minimum Gasteiger partial charge on any atom is -0.294 e. The lowest BCUT2D eigenvalue weighted by molar-refractivity contribution is -0.118. The molecule has 0 saturated carbocycles. The van der Waals surface area contributed by atoms with Gasteiger partial charge in [0.2, 0.25) is 10.0 Å². The number of carbonyl (C=O) groups excluding carboxylic acids is 1. The van der Waals surface area contributed by atoms with Gasteiger partial charge in [-0.2, -0.15) is 4.31 Å². The quantitative estimate of drug-likeness (QED) is 0.789. The third kappa shape index (κ3) is 3.24. The van der Waals surface area contributed by atoms with Crippen LogP contribution in [0.15, 0.2) is 40.8 Å². The van der Waals surface area contributed by atoms with Crippen LogP contribution in [-0.4, -0.2) is 31.6 Å². The lowest BCUT2D eigenvalue weighted by Crippen LogP contribution is -2.35. The summed E-state index contributed by atoms with van der Waals surface area (Å²) >= 11 is 0. The first-order valence-electron chi connectivity index (χ1n) is 7.12. The molecular formula is C16H21NO3S. The Balaban J connectivity index is 2.32. The van der Waals surface area contributed by atoms with Gasteiger partial charge in [0.15, 0.2) is 5.78 Å². The third-order valence-electron chi connectivity index (χ3n) is 3.88. The van der Waals surface area contributed by atoms with Crippen molar-refractivity contribution in [2.75, 3.05) is 13.1 Å². The Labute approximate surface area is 126 Å². The molecule has 1 heterocycles. The number of Topliss-reactive ketones (excluding diaryl/α,β-unsaturated/α-hetero) is 1. The van der Waals surface area contributed by atoms with Gasteiger partial charge in [0.05, 0.1) is 4.90 Å². The molecule has 1 aromatic carbocycles. The minimum absolute atomic E-state index is 0.0547. The maximum Gasteiger partial charge on any atom is 0.243 e. The zero-order valence-electron chi connectivity index (χ0n) is 12.7. The summed E-state index contributed by atoms with van der Waals surface area (Å²) in [6.45, 7) is 6.12. The summed E-state index contributed by atoms with van der Waals surface area (Å²) in [5, 5.41) is 0. The first-order chi connectivity index (χ1) is 9.86. The van der Waals surface area contributed by atoms with E-state index < -0.39 is 10.0 Å². The van der Waals surface area contributed by atoms with Crippen molar-refractivity contribution in [2.45, 2.75) is 32.1 Å². The average molecular weight is 307 g/mol. The molecule has 0 spiro atoms. The summed E-state index contributed by atoms with van der Waals surface area (Å²) in [5.41, 5.74) is 1.74. The molecule has 1 atom stereocenters. The molecule has 0 aliphatic carbocycles. The second-order valence-electron chi connectivity index (χ2n) is 5.51. The highest BCUT2D eigenvalue weighted by Crippen LogP contribution is 2.24. The number of hydrogen-bond donors (Lipinski definition) is 0. The van der Waals surface area contributed by atoms with Gasteiger partial charge in [0.1, 0.15) is 0 Å². The van der Waals surface area contributed by atoms with Crippen LogP contribution in [0.4, 0.5) is 0 Å². The monoisotopic (exact) mass is 307 g/mol. The SMILES string of the molecule is C/C=C1\CCN(S(=O)(=O)c2ccc(C)cc2)C[C@@H](C)C1=O. The fourth-order valence-corrected chi connectivity index (χ4v) is 4.06. The van der Waals surface area contributed by atoms with E-state index in [1.54, 1.807) is 37.3 Å². The van der Waals surface area contributed by atoms with Crippen LogP contribution >= 0.6 is 0 Å². The van der Waals surface area contributed by atoms with Gasteiger partial charge in [-0.25, -0.2) is 8.42 Å². The fraction of sp³-hybridized carbons (Fsp3) is 0.438. The molecule has 0 bridgehead atoms. The summed E-state index contributed by atoms with van der Waals surface area (Å²) in [4.78, 5) is 12.4. The summed E-state index contributed by atoms with van der Waals surface area (Å²) < 4.78 is 26.8. The van der Waals surface area contributed by atoms with E-state index in [1.807, 2.05) is 13.8 Å². The predicted molar refractivity (Wildman–Crippen MR) is 82.5 cm³/mol. The number of rotatable bonds is 2. The van der Waals surface area contributed by atoms with Crippen molar-refractivity contribution in [2.24, 2.45) is 5.92 Å². The molecule has 5 heteroatoms. The Bertz CT molecular complexity index is 659.